The average molecular weight is 299 g/mol. The summed E-state index contributed by atoms with van der Waals surface area (Å²) in [6.45, 7) is 4.16. The third kappa shape index (κ3) is 2.36. The normalized spacial score (nSPS) is 24.0. The van der Waals surface area contributed by atoms with Gasteiger partial charge in [0.1, 0.15) is 6.10 Å². The lowest BCUT2D eigenvalue weighted by Gasteiger charge is -2.53. The molecule has 1 aliphatic rings. The highest BCUT2D eigenvalue weighted by Gasteiger charge is 2.52. The SMILES string of the molecule is CCC1(CC)C(N)CC1Oc1ccc(Cl)cc1[N+](=O)[O-]. The van der Waals surface area contributed by atoms with Crippen LogP contribution in [-0.2, 0) is 0 Å². The molecule has 20 heavy (non-hydrogen) atoms. The van der Waals surface area contributed by atoms with Crippen molar-refractivity contribution in [2.24, 2.45) is 11.1 Å². The van der Waals surface area contributed by atoms with E-state index >= 15 is 0 Å². The molecule has 2 unspecified atom stereocenters. The number of hydrogen-bond donors (Lipinski definition) is 1. The summed E-state index contributed by atoms with van der Waals surface area (Å²) in [6.07, 6.45) is 2.45. The molecule has 0 spiro atoms. The van der Waals surface area contributed by atoms with Crippen molar-refractivity contribution in [3.05, 3.63) is 33.3 Å². The first kappa shape index (κ1) is 15.1. The van der Waals surface area contributed by atoms with Gasteiger partial charge >= 0.3 is 5.69 Å². The van der Waals surface area contributed by atoms with Crippen LogP contribution in [0.25, 0.3) is 0 Å². The zero-order valence-corrected chi connectivity index (χ0v) is 12.4. The molecule has 0 aromatic heterocycles. The van der Waals surface area contributed by atoms with Crippen molar-refractivity contribution >= 4 is 17.3 Å². The molecule has 2 atom stereocenters. The van der Waals surface area contributed by atoms with Crippen molar-refractivity contribution < 1.29 is 9.66 Å². The van der Waals surface area contributed by atoms with Gasteiger partial charge in [-0.1, -0.05) is 25.4 Å². The van der Waals surface area contributed by atoms with Crippen LogP contribution in [0.3, 0.4) is 0 Å². The minimum Gasteiger partial charge on any atom is -0.483 e. The minimum absolute atomic E-state index is 0.0765. The molecule has 1 saturated carbocycles. The van der Waals surface area contributed by atoms with Crippen LogP contribution in [-0.4, -0.2) is 17.1 Å². The number of ether oxygens (including phenoxy) is 1. The van der Waals surface area contributed by atoms with Crippen molar-refractivity contribution in [1.82, 2.24) is 0 Å². The highest BCUT2D eigenvalue weighted by Crippen LogP contribution is 2.48. The van der Waals surface area contributed by atoms with Crippen LogP contribution in [0.5, 0.6) is 5.75 Å². The van der Waals surface area contributed by atoms with Gasteiger partial charge in [0.05, 0.1) is 4.92 Å². The molecule has 1 fully saturated rings. The van der Waals surface area contributed by atoms with Gasteiger partial charge in [-0.2, -0.15) is 0 Å². The lowest BCUT2D eigenvalue weighted by molar-refractivity contribution is -0.386. The first-order valence-electron chi connectivity index (χ1n) is 6.80. The van der Waals surface area contributed by atoms with Crippen molar-refractivity contribution in [3.8, 4) is 5.75 Å². The second kappa shape index (κ2) is 5.58. The van der Waals surface area contributed by atoms with Crippen LogP contribution in [0.2, 0.25) is 5.02 Å². The lowest BCUT2D eigenvalue weighted by atomic mass is 9.59. The summed E-state index contributed by atoms with van der Waals surface area (Å²) in [5.74, 6) is 0.266. The molecule has 1 aliphatic carbocycles. The Kier molecular flexibility index (Phi) is 4.20. The van der Waals surface area contributed by atoms with Crippen LogP contribution in [0.1, 0.15) is 33.1 Å². The van der Waals surface area contributed by atoms with E-state index in [0.717, 1.165) is 19.3 Å². The number of hydrogen-bond acceptors (Lipinski definition) is 4. The largest absolute Gasteiger partial charge is 0.483 e. The molecular formula is C14H19ClN2O3. The molecule has 0 saturated heterocycles. The molecule has 2 rings (SSSR count). The molecule has 110 valence electrons. The number of halogens is 1. The molecule has 1 aromatic rings. The second-order valence-electron chi connectivity index (χ2n) is 5.26. The average Bonchev–Trinajstić information content (AvgIpc) is 2.41. The van der Waals surface area contributed by atoms with Crippen LogP contribution in [0.15, 0.2) is 18.2 Å². The molecule has 5 nitrogen and oxygen atoms in total. The third-order valence-electron chi connectivity index (χ3n) is 4.55. The predicted molar refractivity (Wildman–Crippen MR) is 78.1 cm³/mol. The number of nitro groups is 1. The summed E-state index contributed by atoms with van der Waals surface area (Å²) in [7, 11) is 0. The van der Waals surface area contributed by atoms with Crippen molar-refractivity contribution in [1.29, 1.82) is 0 Å². The van der Waals surface area contributed by atoms with E-state index in [2.05, 4.69) is 13.8 Å². The Labute approximate surface area is 123 Å². The van der Waals surface area contributed by atoms with E-state index in [1.807, 2.05) is 0 Å². The van der Waals surface area contributed by atoms with E-state index in [4.69, 9.17) is 22.1 Å². The fraction of sp³-hybridized carbons (Fsp3) is 0.571. The van der Waals surface area contributed by atoms with Crippen LogP contribution in [0, 0.1) is 15.5 Å². The van der Waals surface area contributed by atoms with Crippen LogP contribution in [0.4, 0.5) is 5.69 Å². The molecule has 1 aromatic carbocycles. The summed E-state index contributed by atoms with van der Waals surface area (Å²) in [5, 5.41) is 11.4. The first-order valence-corrected chi connectivity index (χ1v) is 7.18. The Morgan fingerprint density at radius 2 is 2.15 bits per heavy atom. The summed E-state index contributed by atoms with van der Waals surface area (Å²) < 4.78 is 5.89. The fourth-order valence-electron chi connectivity index (χ4n) is 3.06. The van der Waals surface area contributed by atoms with Gasteiger partial charge in [0.15, 0.2) is 5.75 Å². The van der Waals surface area contributed by atoms with E-state index in [9.17, 15) is 10.1 Å². The first-order chi connectivity index (χ1) is 9.44. The van der Waals surface area contributed by atoms with Gasteiger partial charge in [0.25, 0.3) is 0 Å². The molecule has 0 aliphatic heterocycles. The monoisotopic (exact) mass is 298 g/mol. The third-order valence-corrected chi connectivity index (χ3v) is 4.79. The predicted octanol–water partition coefficient (Wildman–Crippen LogP) is 3.53. The van der Waals surface area contributed by atoms with Crippen LogP contribution >= 0.6 is 11.6 Å². The molecule has 0 amide bonds. The quantitative estimate of drug-likeness (QED) is 0.666. The number of nitrogens with zero attached hydrogens (tertiary/aromatic N) is 1. The van der Waals surface area contributed by atoms with E-state index in [0.29, 0.717) is 5.02 Å². The highest BCUT2D eigenvalue weighted by atomic mass is 35.5. The summed E-state index contributed by atoms with van der Waals surface area (Å²) >= 11 is 5.80. The Morgan fingerprint density at radius 3 is 2.65 bits per heavy atom. The Balaban J connectivity index is 2.25. The fourth-order valence-corrected chi connectivity index (χ4v) is 3.23. The molecule has 0 radical (unpaired) electrons. The minimum atomic E-state index is -0.473. The molecule has 2 N–H and O–H groups in total. The molecule has 6 heteroatoms. The number of nitrogens with two attached hydrogens (primary N) is 1. The zero-order valence-electron chi connectivity index (χ0n) is 11.6. The van der Waals surface area contributed by atoms with Crippen LogP contribution < -0.4 is 10.5 Å². The highest BCUT2D eigenvalue weighted by molar-refractivity contribution is 6.30. The maximum atomic E-state index is 11.1. The van der Waals surface area contributed by atoms with Gasteiger partial charge in [-0.3, -0.25) is 10.1 Å². The Morgan fingerprint density at radius 1 is 1.50 bits per heavy atom. The maximum Gasteiger partial charge on any atom is 0.312 e. The molecule has 0 heterocycles. The van der Waals surface area contributed by atoms with Gasteiger partial charge < -0.3 is 10.5 Å². The zero-order chi connectivity index (χ0) is 14.9. The van der Waals surface area contributed by atoms with Gasteiger partial charge in [0, 0.05) is 29.0 Å². The Bertz CT molecular complexity index is 517. The van der Waals surface area contributed by atoms with Gasteiger partial charge in [-0.25, -0.2) is 0 Å². The van der Waals surface area contributed by atoms with Gasteiger partial charge in [-0.05, 0) is 25.0 Å². The number of rotatable bonds is 5. The van der Waals surface area contributed by atoms with Gasteiger partial charge in [-0.15, -0.1) is 0 Å². The lowest BCUT2D eigenvalue weighted by Crippen LogP contribution is -2.62. The molecular weight excluding hydrogens is 280 g/mol. The van der Waals surface area contributed by atoms with Gasteiger partial charge in [0.2, 0.25) is 0 Å². The smallest absolute Gasteiger partial charge is 0.312 e. The maximum absolute atomic E-state index is 11.1. The topological polar surface area (TPSA) is 78.4 Å². The van der Waals surface area contributed by atoms with E-state index in [1.54, 1.807) is 12.1 Å². The Hall–Kier alpha value is -1.33. The van der Waals surface area contributed by atoms with E-state index in [1.165, 1.54) is 6.07 Å². The number of benzene rings is 1. The summed E-state index contributed by atoms with van der Waals surface area (Å²) in [4.78, 5) is 10.6. The van der Waals surface area contributed by atoms with Crippen molar-refractivity contribution in [2.75, 3.05) is 0 Å². The van der Waals surface area contributed by atoms with Crippen molar-refractivity contribution in [2.45, 2.75) is 45.3 Å². The van der Waals surface area contributed by atoms with E-state index < -0.39 is 4.92 Å². The standard InChI is InChI=1S/C14H19ClN2O3/c1-3-14(4-2)12(16)8-13(14)20-11-6-5-9(15)7-10(11)17(18)19/h5-7,12-13H,3-4,8,16H2,1-2H3. The summed E-state index contributed by atoms with van der Waals surface area (Å²) in [6, 6.07) is 4.56. The second-order valence-corrected chi connectivity index (χ2v) is 5.69. The molecule has 0 bridgehead atoms. The number of nitro benzene ring substituents is 1. The van der Waals surface area contributed by atoms with E-state index in [-0.39, 0.29) is 29.0 Å². The summed E-state index contributed by atoms with van der Waals surface area (Å²) in [5.41, 5.74) is 5.92. The van der Waals surface area contributed by atoms with Crippen molar-refractivity contribution in [3.63, 3.8) is 0 Å².